The van der Waals surface area contributed by atoms with Crippen LogP contribution >= 0.6 is 11.6 Å². The third-order valence-corrected chi connectivity index (χ3v) is 4.24. The maximum Gasteiger partial charge on any atom is 0.227 e. The van der Waals surface area contributed by atoms with Gasteiger partial charge in [-0.3, -0.25) is 4.79 Å². The van der Waals surface area contributed by atoms with Gasteiger partial charge in [0, 0.05) is 19.2 Å². The number of aliphatic hydroxyl groups is 1. The van der Waals surface area contributed by atoms with Gasteiger partial charge in [-0.25, -0.2) is 0 Å². The van der Waals surface area contributed by atoms with Gasteiger partial charge in [0.1, 0.15) is 6.10 Å². The number of rotatable bonds is 4. The summed E-state index contributed by atoms with van der Waals surface area (Å²) >= 11 is 5.82. The average Bonchev–Trinajstić information content (AvgIpc) is 2.81. The van der Waals surface area contributed by atoms with E-state index in [0.717, 1.165) is 18.4 Å². The van der Waals surface area contributed by atoms with E-state index in [2.05, 4.69) is 0 Å². The van der Waals surface area contributed by atoms with E-state index in [9.17, 15) is 9.90 Å². The van der Waals surface area contributed by atoms with E-state index in [-0.39, 0.29) is 18.1 Å². The first-order chi connectivity index (χ1) is 9.52. The average molecular weight is 298 g/mol. The molecular weight excluding hydrogens is 278 g/mol. The Kier molecular flexibility index (Phi) is 5.02. The van der Waals surface area contributed by atoms with E-state index in [1.165, 1.54) is 0 Å². The fourth-order valence-electron chi connectivity index (χ4n) is 2.69. The molecule has 0 heterocycles. The maximum absolute atomic E-state index is 12.3. The van der Waals surface area contributed by atoms with Crippen LogP contribution in [0.5, 0.6) is 0 Å². The largest absolute Gasteiger partial charge is 0.388 e. The van der Waals surface area contributed by atoms with Gasteiger partial charge in [-0.05, 0) is 30.5 Å². The summed E-state index contributed by atoms with van der Waals surface area (Å²) in [7, 11) is 3.33. The Hall–Kier alpha value is -1.10. The van der Waals surface area contributed by atoms with Crippen LogP contribution in [0, 0.1) is 0 Å². The molecule has 1 aromatic carbocycles. The number of amides is 1. The highest BCUT2D eigenvalue weighted by atomic mass is 35.5. The van der Waals surface area contributed by atoms with Crippen molar-refractivity contribution in [3.05, 3.63) is 34.9 Å². The lowest BCUT2D eigenvalue weighted by Crippen LogP contribution is -2.45. The Morgan fingerprint density at radius 1 is 1.40 bits per heavy atom. The summed E-state index contributed by atoms with van der Waals surface area (Å²) in [4.78, 5) is 13.9. The van der Waals surface area contributed by atoms with Gasteiger partial charge >= 0.3 is 0 Å². The number of hydrogen-bond acceptors (Lipinski definition) is 3. The van der Waals surface area contributed by atoms with Crippen molar-refractivity contribution in [3.8, 4) is 0 Å². The molecule has 0 bridgehead atoms. The second-order valence-corrected chi connectivity index (χ2v) is 5.65. The number of methoxy groups -OCH3 is 1. The molecule has 2 rings (SSSR count). The molecule has 1 N–H and O–H groups in total. The molecule has 1 aliphatic rings. The van der Waals surface area contributed by atoms with Crippen LogP contribution in [0.1, 0.15) is 18.4 Å². The third kappa shape index (κ3) is 3.32. The molecular formula is C15H20ClNO3. The number of carbonyl (C=O) groups is 1. The predicted octanol–water partition coefficient (Wildman–Crippen LogP) is 1.88. The summed E-state index contributed by atoms with van der Waals surface area (Å²) in [5.74, 6) is -0.00637. The van der Waals surface area contributed by atoms with E-state index in [1.807, 2.05) is 12.1 Å². The zero-order valence-electron chi connectivity index (χ0n) is 11.8. The highest BCUT2D eigenvalue weighted by Crippen LogP contribution is 2.26. The van der Waals surface area contributed by atoms with Crippen LogP contribution in [-0.4, -0.2) is 48.3 Å². The van der Waals surface area contributed by atoms with Gasteiger partial charge < -0.3 is 14.7 Å². The fraction of sp³-hybridized carbons (Fsp3) is 0.533. The second kappa shape index (κ2) is 6.57. The monoisotopic (exact) mass is 297 g/mol. The van der Waals surface area contributed by atoms with Crippen molar-refractivity contribution in [2.45, 2.75) is 37.5 Å². The highest BCUT2D eigenvalue weighted by Gasteiger charge is 2.38. The van der Waals surface area contributed by atoms with Crippen LogP contribution in [0.2, 0.25) is 5.02 Å². The normalized spacial score (nSPS) is 25.7. The smallest absolute Gasteiger partial charge is 0.227 e. The molecule has 1 saturated carbocycles. The van der Waals surface area contributed by atoms with E-state index in [4.69, 9.17) is 16.3 Å². The van der Waals surface area contributed by atoms with Crippen LogP contribution in [0.15, 0.2) is 24.3 Å². The number of nitrogens with zero attached hydrogens (tertiary/aromatic N) is 1. The molecule has 5 heteroatoms. The lowest BCUT2D eigenvalue weighted by atomic mass is 10.1. The molecule has 1 aliphatic carbocycles. The molecule has 0 spiro atoms. The van der Waals surface area contributed by atoms with Crippen molar-refractivity contribution in [1.29, 1.82) is 0 Å². The minimum absolute atomic E-state index is 0.00637. The summed E-state index contributed by atoms with van der Waals surface area (Å²) < 4.78 is 5.21. The minimum Gasteiger partial charge on any atom is -0.388 e. The zero-order valence-corrected chi connectivity index (χ0v) is 12.5. The van der Waals surface area contributed by atoms with Crippen LogP contribution in [0.4, 0.5) is 0 Å². The number of benzene rings is 1. The summed E-state index contributed by atoms with van der Waals surface area (Å²) in [5.41, 5.74) is 0.919. The molecule has 1 aromatic rings. The number of hydrogen-bond donors (Lipinski definition) is 1. The minimum atomic E-state index is -0.612. The molecule has 110 valence electrons. The van der Waals surface area contributed by atoms with E-state index in [0.29, 0.717) is 11.4 Å². The molecule has 1 amide bonds. The number of likely N-dealkylation sites (N-methyl/N-ethyl adjacent to an activating group) is 1. The first-order valence-electron chi connectivity index (χ1n) is 6.74. The van der Waals surface area contributed by atoms with Crippen molar-refractivity contribution < 1.29 is 14.6 Å². The quantitative estimate of drug-likeness (QED) is 0.923. The standard InChI is InChI=1S/C15H20ClNO3/c1-17(12-7-8-13(20-2)15(12)19)14(18)9-10-3-5-11(16)6-4-10/h3-6,12-13,15,19H,7-9H2,1-2H3/t12-,13-,15-/m1/s1. The Morgan fingerprint density at radius 2 is 2.05 bits per heavy atom. The Labute approximate surface area is 124 Å². The van der Waals surface area contributed by atoms with E-state index in [1.54, 1.807) is 31.2 Å². The van der Waals surface area contributed by atoms with Gasteiger partial charge in [0.05, 0.1) is 18.6 Å². The van der Waals surface area contributed by atoms with Gasteiger partial charge in [-0.1, -0.05) is 23.7 Å². The number of ether oxygens (including phenoxy) is 1. The second-order valence-electron chi connectivity index (χ2n) is 5.22. The molecule has 20 heavy (non-hydrogen) atoms. The van der Waals surface area contributed by atoms with Crippen molar-refractivity contribution >= 4 is 17.5 Å². The van der Waals surface area contributed by atoms with Crippen molar-refractivity contribution in [1.82, 2.24) is 4.90 Å². The van der Waals surface area contributed by atoms with Gasteiger partial charge in [0.15, 0.2) is 0 Å². The first kappa shape index (κ1) is 15.3. The van der Waals surface area contributed by atoms with Gasteiger partial charge in [-0.2, -0.15) is 0 Å². The van der Waals surface area contributed by atoms with Crippen molar-refractivity contribution in [3.63, 3.8) is 0 Å². The summed E-state index contributed by atoms with van der Waals surface area (Å²) in [6.45, 7) is 0. The fourth-order valence-corrected chi connectivity index (χ4v) is 2.82. The van der Waals surface area contributed by atoms with Crippen LogP contribution < -0.4 is 0 Å². The molecule has 0 saturated heterocycles. The maximum atomic E-state index is 12.3. The molecule has 0 unspecified atom stereocenters. The SMILES string of the molecule is CO[C@@H]1CC[C@@H](N(C)C(=O)Cc2ccc(Cl)cc2)[C@H]1O. The topological polar surface area (TPSA) is 49.8 Å². The summed E-state index contributed by atoms with van der Waals surface area (Å²) in [6, 6.07) is 7.07. The van der Waals surface area contributed by atoms with Crippen LogP contribution in [0.3, 0.4) is 0 Å². The van der Waals surface area contributed by atoms with E-state index >= 15 is 0 Å². The molecule has 4 nitrogen and oxygen atoms in total. The number of aliphatic hydroxyl groups excluding tert-OH is 1. The van der Waals surface area contributed by atoms with Crippen LogP contribution in [0.25, 0.3) is 0 Å². The Morgan fingerprint density at radius 3 is 2.60 bits per heavy atom. The highest BCUT2D eigenvalue weighted by molar-refractivity contribution is 6.30. The Bertz CT molecular complexity index is 463. The number of halogens is 1. The van der Waals surface area contributed by atoms with Gasteiger partial charge in [0.2, 0.25) is 5.91 Å². The zero-order chi connectivity index (χ0) is 14.7. The third-order valence-electron chi connectivity index (χ3n) is 3.98. The first-order valence-corrected chi connectivity index (χ1v) is 7.11. The van der Waals surface area contributed by atoms with Gasteiger partial charge in [0.25, 0.3) is 0 Å². The molecule has 3 atom stereocenters. The molecule has 0 aromatic heterocycles. The molecule has 0 aliphatic heterocycles. The van der Waals surface area contributed by atoms with Gasteiger partial charge in [-0.15, -0.1) is 0 Å². The molecule has 1 fully saturated rings. The lowest BCUT2D eigenvalue weighted by Gasteiger charge is -2.28. The molecule has 0 radical (unpaired) electrons. The van der Waals surface area contributed by atoms with Crippen molar-refractivity contribution in [2.75, 3.05) is 14.2 Å². The van der Waals surface area contributed by atoms with Crippen LogP contribution in [-0.2, 0) is 16.0 Å². The summed E-state index contributed by atoms with van der Waals surface area (Å²) in [6.07, 6.45) is 1.07. The Balaban J connectivity index is 1.97. The van der Waals surface area contributed by atoms with E-state index < -0.39 is 6.10 Å². The van der Waals surface area contributed by atoms with Crippen molar-refractivity contribution in [2.24, 2.45) is 0 Å². The predicted molar refractivity (Wildman–Crippen MR) is 77.8 cm³/mol. The number of carbonyl (C=O) groups excluding carboxylic acids is 1. The lowest BCUT2D eigenvalue weighted by molar-refractivity contribution is -0.134. The summed E-state index contributed by atoms with van der Waals surface area (Å²) in [5, 5.41) is 10.8.